The highest BCUT2D eigenvalue weighted by Gasteiger charge is 1.98. The zero-order valence-corrected chi connectivity index (χ0v) is 6.07. The highest BCUT2D eigenvalue weighted by atomic mass is 16.3. The third-order valence-corrected chi connectivity index (χ3v) is 1.50. The normalized spacial score (nSPS) is 13.0. The van der Waals surface area contributed by atoms with Crippen LogP contribution >= 0.6 is 0 Å². The molecule has 1 atom stereocenters. The number of aliphatic hydroxyl groups excluding tert-OH is 2. The minimum atomic E-state index is -0.928. The van der Waals surface area contributed by atoms with Crippen LogP contribution < -0.4 is 5.73 Å². The van der Waals surface area contributed by atoms with E-state index in [0.29, 0.717) is 5.56 Å². The van der Waals surface area contributed by atoms with Crippen molar-refractivity contribution in [2.24, 2.45) is 5.73 Å². The van der Waals surface area contributed by atoms with Crippen LogP contribution in [-0.2, 0) is 6.61 Å². The minimum Gasteiger partial charge on any atom is -0.392 e. The van der Waals surface area contributed by atoms with Gasteiger partial charge >= 0.3 is 0 Å². The standard InChI is InChI=1S/C8H11NO2/c9-8(11)7-3-1-6(5-10)2-4-7/h1-4,8,10-11H,5,9H2. The van der Waals surface area contributed by atoms with Crippen molar-refractivity contribution in [1.29, 1.82) is 0 Å². The lowest BCUT2D eigenvalue weighted by molar-refractivity contribution is 0.186. The van der Waals surface area contributed by atoms with Crippen molar-refractivity contribution < 1.29 is 10.2 Å². The molecule has 0 aromatic heterocycles. The second kappa shape index (κ2) is 3.48. The molecule has 0 spiro atoms. The van der Waals surface area contributed by atoms with Crippen molar-refractivity contribution in [3.05, 3.63) is 35.4 Å². The van der Waals surface area contributed by atoms with Crippen LogP contribution in [0.4, 0.5) is 0 Å². The van der Waals surface area contributed by atoms with Gasteiger partial charge in [0.05, 0.1) is 6.61 Å². The summed E-state index contributed by atoms with van der Waals surface area (Å²) in [5.41, 5.74) is 6.67. The first-order chi connectivity index (χ1) is 5.24. The van der Waals surface area contributed by atoms with Crippen LogP contribution in [0.15, 0.2) is 24.3 Å². The third kappa shape index (κ3) is 2.01. The van der Waals surface area contributed by atoms with E-state index in [9.17, 15) is 0 Å². The van der Waals surface area contributed by atoms with Crippen molar-refractivity contribution >= 4 is 0 Å². The van der Waals surface area contributed by atoms with Crippen molar-refractivity contribution in [1.82, 2.24) is 0 Å². The van der Waals surface area contributed by atoms with E-state index in [0.717, 1.165) is 5.56 Å². The molecule has 3 nitrogen and oxygen atoms in total. The molecular formula is C8H11NO2. The van der Waals surface area contributed by atoms with Gasteiger partial charge in [0.15, 0.2) is 0 Å². The number of rotatable bonds is 2. The summed E-state index contributed by atoms with van der Waals surface area (Å²) < 4.78 is 0. The zero-order valence-electron chi connectivity index (χ0n) is 6.07. The van der Waals surface area contributed by atoms with Crippen molar-refractivity contribution in [2.75, 3.05) is 0 Å². The van der Waals surface area contributed by atoms with Gasteiger partial charge in [-0.3, -0.25) is 0 Å². The van der Waals surface area contributed by atoms with E-state index in [1.807, 2.05) is 0 Å². The minimum absolute atomic E-state index is 0.0148. The third-order valence-electron chi connectivity index (χ3n) is 1.50. The van der Waals surface area contributed by atoms with Gasteiger partial charge in [0.1, 0.15) is 6.23 Å². The first-order valence-corrected chi connectivity index (χ1v) is 3.37. The second-order valence-electron chi connectivity index (χ2n) is 2.34. The summed E-state index contributed by atoms with van der Waals surface area (Å²) in [5, 5.41) is 17.6. The fourth-order valence-electron chi connectivity index (χ4n) is 0.820. The Morgan fingerprint density at radius 1 is 1.27 bits per heavy atom. The molecule has 0 saturated carbocycles. The number of hydrogen-bond acceptors (Lipinski definition) is 3. The largest absolute Gasteiger partial charge is 0.392 e. The smallest absolute Gasteiger partial charge is 0.128 e. The average Bonchev–Trinajstić information content (AvgIpc) is 2.05. The molecule has 0 radical (unpaired) electrons. The molecule has 3 heteroatoms. The van der Waals surface area contributed by atoms with Gasteiger partial charge in [0.25, 0.3) is 0 Å². The maximum absolute atomic E-state index is 8.90. The van der Waals surface area contributed by atoms with Crippen LogP contribution in [-0.4, -0.2) is 10.2 Å². The van der Waals surface area contributed by atoms with E-state index in [2.05, 4.69) is 0 Å². The molecule has 60 valence electrons. The van der Waals surface area contributed by atoms with Gasteiger partial charge < -0.3 is 15.9 Å². The Bertz CT molecular complexity index is 218. The molecule has 0 aliphatic rings. The van der Waals surface area contributed by atoms with E-state index in [-0.39, 0.29) is 6.61 Å². The van der Waals surface area contributed by atoms with Crippen LogP contribution in [0.25, 0.3) is 0 Å². The zero-order chi connectivity index (χ0) is 8.27. The molecule has 0 saturated heterocycles. The summed E-state index contributed by atoms with van der Waals surface area (Å²) in [6.07, 6.45) is -0.928. The second-order valence-corrected chi connectivity index (χ2v) is 2.34. The Kier molecular flexibility index (Phi) is 2.59. The van der Waals surface area contributed by atoms with Gasteiger partial charge in [-0.15, -0.1) is 0 Å². The van der Waals surface area contributed by atoms with Crippen molar-refractivity contribution in [2.45, 2.75) is 12.8 Å². The fourth-order valence-corrected chi connectivity index (χ4v) is 0.820. The Balaban J connectivity index is 2.83. The van der Waals surface area contributed by atoms with E-state index in [1.54, 1.807) is 24.3 Å². The average molecular weight is 153 g/mol. The van der Waals surface area contributed by atoms with Gasteiger partial charge in [-0.05, 0) is 11.1 Å². The molecule has 1 unspecified atom stereocenters. The molecule has 1 rings (SSSR count). The maximum Gasteiger partial charge on any atom is 0.128 e. The lowest BCUT2D eigenvalue weighted by Gasteiger charge is -2.04. The lowest BCUT2D eigenvalue weighted by atomic mass is 10.1. The molecule has 0 bridgehead atoms. The number of nitrogens with two attached hydrogens (primary N) is 1. The first kappa shape index (κ1) is 8.20. The van der Waals surface area contributed by atoms with Gasteiger partial charge in [0.2, 0.25) is 0 Å². The predicted molar refractivity (Wildman–Crippen MR) is 41.5 cm³/mol. The van der Waals surface area contributed by atoms with Crippen LogP contribution in [0, 0.1) is 0 Å². The Morgan fingerprint density at radius 2 is 1.82 bits per heavy atom. The molecule has 0 fully saturated rings. The first-order valence-electron chi connectivity index (χ1n) is 3.37. The van der Waals surface area contributed by atoms with Crippen molar-refractivity contribution in [3.8, 4) is 0 Å². The fraction of sp³-hybridized carbons (Fsp3) is 0.250. The highest BCUT2D eigenvalue weighted by Crippen LogP contribution is 2.08. The molecule has 0 aliphatic heterocycles. The number of aliphatic hydroxyl groups is 2. The quantitative estimate of drug-likeness (QED) is 0.529. The van der Waals surface area contributed by atoms with E-state index < -0.39 is 6.23 Å². The Labute approximate surface area is 65.1 Å². The molecular weight excluding hydrogens is 142 g/mol. The van der Waals surface area contributed by atoms with Crippen LogP contribution in [0.2, 0.25) is 0 Å². The van der Waals surface area contributed by atoms with Gasteiger partial charge in [-0.25, -0.2) is 0 Å². The van der Waals surface area contributed by atoms with Gasteiger partial charge in [-0.2, -0.15) is 0 Å². The summed E-state index contributed by atoms with van der Waals surface area (Å²) in [7, 11) is 0. The van der Waals surface area contributed by atoms with Crippen LogP contribution in [0.1, 0.15) is 17.4 Å². The molecule has 0 heterocycles. The monoisotopic (exact) mass is 153 g/mol. The molecule has 0 amide bonds. The summed E-state index contributed by atoms with van der Waals surface area (Å²) >= 11 is 0. The van der Waals surface area contributed by atoms with Gasteiger partial charge in [-0.1, -0.05) is 24.3 Å². The van der Waals surface area contributed by atoms with Gasteiger partial charge in [0, 0.05) is 0 Å². The molecule has 0 aliphatic carbocycles. The van der Waals surface area contributed by atoms with E-state index in [4.69, 9.17) is 15.9 Å². The maximum atomic E-state index is 8.90. The summed E-state index contributed by atoms with van der Waals surface area (Å²) in [4.78, 5) is 0. The molecule has 11 heavy (non-hydrogen) atoms. The van der Waals surface area contributed by atoms with E-state index >= 15 is 0 Å². The Hall–Kier alpha value is -0.900. The van der Waals surface area contributed by atoms with E-state index in [1.165, 1.54) is 0 Å². The highest BCUT2D eigenvalue weighted by molar-refractivity contribution is 5.22. The summed E-state index contributed by atoms with van der Waals surface area (Å²) in [5.74, 6) is 0. The number of benzene rings is 1. The summed E-state index contributed by atoms with van der Waals surface area (Å²) in [6.45, 7) is 0.0148. The SMILES string of the molecule is NC(O)c1ccc(CO)cc1. The predicted octanol–water partition coefficient (Wildman–Crippen LogP) is 0.129. The molecule has 4 N–H and O–H groups in total. The van der Waals surface area contributed by atoms with Crippen LogP contribution in [0.5, 0.6) is 0 Å². The summed E-state index contributed by atoms with van der Waals surface area (Å²) in [6, 6.07) is 6.84. The topological polar surface area (TPSA) is 66.5 Å². The Morgan fingerprint density at radius 3 is 2.18 bits per heavy atom. The lowest BCUT2D eigenvalue weighted by Crippen LogP contribution is -2.08. The molecule has 1 aromatic carbocycles. The van der Waals surface area contributed by atoms with Crippen molar-refractivity contribution in [3.63, 3.8) is 0 Å². The number of hydrogen-bond donors (Lipinski definition) is 3. The molecule has 1 aromatic rings. The van der Waals surface area contributed by atoms with Crippen LogP contribution in [0.3, 0.4) is 0 Å².